The fraction of sp³-hybridized carbons (Fsp3) is 0.222. The van der Waals surface area contributed by atoms with Gasteiger partial charge in [-0.25, -0.2) is 0 Å². The van der Waals surface area contributed by atoms with Gasteiger partial charge in [-0.2, -0.15) is 0 Å². The Balaban J connectivity index is 2.22. The lowest BCUT2D eigenvalue weighted by Gasteiger charge is -2.13. The molecule has 0 spiro atoms. The van der Waals surface area contributed by atoms with Crippen molar-refractivity contribution in [1.29, 1.82) is 0 Å². The molecule has 0 aliphatic heterocycles. The van der Waals surface area contributed by atoms with Crippen LogP contribution in [0.15, 0.2) is 42.5 Å². The number of carbonyl (C=O) groups excluding carboxylic acids is 2. The van der Waals surface area contributed by atoms with E-state index in [1.807, 2.05) is 13.8 Å². The SMILES string of the molecule is CC(C)CNC(=O)c1ccccc1NC(=O)c1ccc([N+](=O)[O-])cc1Cl. The number of amides is 2. The van der Waals surface area contributed by atoms with Crippen molar-refractivity contribution in [2.45, 2.75) is 13.8 Å². The molecule has 2 aromatic carbocycles. The maximum Gasteiger partial charge on any atom is 0.270 e. The molecule has 2 N–H and O–H groups in total. The van der Waals surface area contributed by atoms with Crippen LogP contribution in [0.25, 0.3) is 0 Å². The molecule has 136 valence electrons. The van der Waals surface area contributed by atoms with Crippen LogP contribution in [0.3, 0.4) is 0 Å². The van der Waals surface area contributed by atoms with Crippen molar-refractivity contribution in [3.8, 4) is 0 Å². The first kappa shape index (κ1) is 19.4. The average Bonchev–Trinajstić information content (AvgIpc) is 2.59. The van der Waals surface area contributed by atoms with Crippen molar-refractivity contribution in [3.05, 3.63) is 68.7 Å². The Morgan fingerprint density at radius 1 is 1.12 bits per heavy atom. The zero-order valence-corrected chi connectivity index (χ0v) is 15.0. The third-order valence-corrected chi connectivity index (χ3v) is 3.81. The largest absolute Gasteiger partial charge is 0.352 e. The smallest absolute Gasteiger partial charge is 0.270 e. The summed E-state index contributed by atoms with van der Waals surface area (Å²) in [7, 11) is 0. The third-order valence-electron chi connectivity index (χ3n) is 3.50. The van der Waals surface area contributed by atoms with Gasteiger partial charge in [-0.05, 0) is 24.1 Å². The van der Waals surface area contributed by atoms with Gasteiger partial charge in [-0.15, -0.1) is 0 Å². The topological polar surface area (TPSA) is 101 Å². The predicted octanol–water partition coefficient (Wildman–Crippen LogP) is 3.89. The summed E-state index contributed by atoms with van der Waals surface area (Å²) in [5, 5.41) is 16.1. The molecule has 2 rings (SSSR count). The second-order valence-electron chi connectivity index (χ2n) is 6.02. The first-order valence-electron chi connectivity index (χ1n) is 7.92. The Kier molecular flexibility index (Phi) is 6.30. The van der Waals surface area contributed by atoms with Crippen LogP contribution in [0.1, 0.15) is 34.6 Å². The summed E-state index contributed by atoms with van der Waals surface area (Å²) < 4.78 is 0. The molecule has 0 saturated heterocycles. The predicted molar refractivity (Wildman–Crippen MR) is 99.7 cm³/mol. The van der Waals surface area contributed by atoms with Crippen LogP contribution in [0.5, 0.6) is 0 Å². The molecule has 2 aromatic rings. The van der Waals surface area contributed by atoms with Gasteiger partial charge in [0.1, 0.15) is 0 Å². The number of nitrogens with one attached hydrogen (secondary N) is 2. The Hall–Kier alpha value is -2.93. The van der Waals surface area contributed by atoms with E-state index in [1.165, 1.54) is 12.1 Å². The normalized spacial score (nSPS) is 10.5. The van der Waals surface area contributed by atoms with E-state index in [9.17, 15) is 19.7 Å². The second-order valence-corrected chi connectivity index (χ2v) is 6.43. The van der Waals surface area contributed by atoms with Gasteiger partial charge in [0.25, 0.3) is 17.5 Å². The molecule has 0 fully saturated rings. The Bertz CT molecular complexity index is 852. The first-order chi connectivity index (χ1) is 12.3. The van der Waals surface area contributed by atoms with Gasteiger partial charge < -0.3 is 10.6 Å². The lowest BCUT2D eigenvalue weighted by Crippen LogP contribution is -2.28. The van der Waals surface area contributed by atoms with Crippen molar-refractivity contribution in [2.24, 2.45) is 5.92 Å². The Morgan fingerprint density at radius 3 is 2.42 bits per heavy atom. The maximum absolute atomic E-state index is 12.5. The summed E-state index contributed by atoms with van der Waals surface area (Å²) in [6, 6.07) is 10.2. The quantitative estimate of drug-likeness (QED) is 0.590. The minimum absolute atomic E-state index is 0.0431. The first-order valence-corrected chi connectivity index (χ1v) is 8.30. The van der Waals surface area contributed by atoms with Crippen molar-refractivity contribution in [3.63, 3.8) is 0 Å². The molecule has 0 saturated carbocycles. The molecule has 0 aromatic heterocycles. The minimum Gasteiger partial charge on any atom is -0.352 e. The van der Waals surface area contributed by atoms with Gasteiger partial charge in [0.2, 0.25) is 0 Å². The molecule has 0 bridgehead atoms. The van der Waals surface area contributed by atoms with E-state index < -0.39 is 10.8 Å². The summed E-state index contributed by atoms with van der Waals surface area (Å²) in [4.78, 5) is 34.9. The van der Waals surface area contributed by atoms with Gasteiger partial charge in [-0.1, -0.05) is 37.6 Å². The zero-order chi connectivity index (χ0) is 19.3. The number of halogens is 1. The number of hydrogen-bond acceptors (Lipinski definition) is 4. The van der Waals surface area contributed by atoms with Crippen LogP contribution in [-0.4, -0.2) is 23.3 Å². The van der Waals surface area contributed by atoms with Gasteiger partial charge in [0, 0.05) is 18.7 Å². The number of anilines is 1. The van der Waals surface area contributed by atoms with Crippen LogP contribution in [0.4, 0.5) is 11.4 Å². The third kappa shape index (κ3) is 4.80. The lowest BCUT2D eigenvalue weighted by atomic mass is 10.1. The summed E-state index contributed by atoms with van der Waals surface area (Å²) in [5.41, 5.74) is 0.516. The number of non-ortho nitro benzene ring substituents is 1. The minimum atomic E-state index is -0.595. The summed E-state index contributed by atoms with van der Waals surface area (Å²) >= 11 is 5.98. The fourth-order valence-corrected chi connectivity index (χ4v) is 2.43. The summed E-state index contributed by atoms with van der Waals surface area (Å²) in [5.74, 6) is -0.571. The summed E-state index contributed by atoms with van der Waals surface area (Å²) in [6.07, 6.45) is 0. The zero-order valence-electron chi connectivity index (χ0n) is 14.3. The molecule has 7 nitrogen and oxygen atoms in total. The van der Waals surface area contributed by atoms with E-state index in [-0.39, 0.29) is 22.2 Å². The summed E-state index contributed by atoms with van der Waals surface area (Å²) in [6.45, 7) is 4.46. The molecule has 0 radical (unpaired) electrons. The molecular weight excluding hydrogens is 358 g/mol. The lowest BCUT2D eigenvalue weighted by molar-refractivity contribution is -0.384. The van der Waals surface area contributed by atoms with Gasteiger partial charge in [-0.3, -0.25) is 19.7 Å². The number of nitro benzene ring substituents is 1. The van der Waals surface area contributed by atoms with Gasteiger partial charge >= 0.3 is 0 Å². The maximum atomic E-state index is 12.5. The molecular formula is C18H18ClN3O4. The number of hydrogen-bond donors (Lipinski definition) is 2. The highest BCUT2D eigenvalue weighted by molar-refractivity contribution is 6.34. The van der Waals surface area contributed by atoms with E-state index in [2.05, 4.69) is 10.6 Å². The van der Waals surface area contributed by atoms with Gasteiger partial charge in [0.05, 0.1) is 26.8 Å². The molecule has 0 heterocycles. The average molecular weight is 376 g/mol. The highest BCUT2D eigenvalue weighted by Crippen LogP contribution is 2.24. The number of para-hydroxylation sites is 1. The highest BCUT2D eigenvalue weighted by Gasteiger charge is 2.18. The van der Waals surface area contributed by atoms with Crippen LogP contribution >= 0.6 is 11.6 Å². The van der Waals surface area contributed by atoms with E-state index in [4.69, 9.17) is 11.6 Å². The monoisotopic (exact) mass is 375 g/mol. The van der Waals surface area contributed by atoms with Crippen molar-refractivity contribution in [1.82, 2.24) is 5.32 Å². The van der Waals surface area contributed by atoms with Crippen LogP contribution in [0, 0.1) is 16.0 Å². The molecule has 0 aliphatic rings. The molecule has 8 heteroatoms. The van der Waals surface area contributed by atoms with E-state index in [0.717, 1.165) is 6.07 Å². The standard InChI is InChI=1S/C18H18ClN3O4/c1-11(2)10-20-17(23)14-5-3-4-6-16(14)21-18(24)13-8-7-12(22(25)26)9-15(13)19/h3-9,11H,10H2,1-2H3,(H,20,23)(H,21,24). The van der Waals surface area contributed by atoms with E-state index in [0.29, 0.717) is 23.7 Å². The fourth-order valence-electron chi connectivity index (χ4n) is 2.17. The number of rotatable bonds is 6. The number of nitro groups is 1. The van der Waals surface area contributed by atoms with Crippen LogP contribution in [-0.2, 0) is 0 Å². The molecule has 2 amide bonds. The molecule has 0 atom stereocenters. The Morgan fingerprint density at radius 2 is 1.81 bits per heavy atom. The van der Waals surface area contributed by atoms with Crippen molar-refractivity contribution < 1.29 is 14.5 Å². The Labute approximate surface area is 155 Å². The molecule has 26 heavy (non-hydrogen) atoms. The van der Waals surface area contributed by atoms with E-state index >= 15 is 0 Å². The van der Waals surface area contributed by atoms with Crippen molar-refractivity contribution >= 4 is 34.8 Å². The second kappa shape index (κ2) is 8.44. The van der Waals surface area contributed by atoms with E-state index in [1.54, 1.807) is 24.3 Å². The van der Waals surface area contributed by atoms with Crippen LogP contribution in [0.2, 0.25) is 5.02 Å². The molecule has 0 aliphatic carbocycles. The van der Waals surface area contributed by atoms with Crippen molar-refractivity contribution in [2.75, 3.05) is 11.9 Å². The number of carbonyl (C=O) groups is 2. The van der Waals surface area contributed by atoms with Crippen LogP contribution < -0.4 is 10.6 Å². The number of nitrogens with zero attached hydrogens (tertiary/aromatic N) is 1. The highest BCUT2D eigenvalue weighted by atomic mass is 35.5. The number of benzene rings is 2. The molecule has 0 unspecified atom stereocenters. The van der Waals surface area contributed by atoms with Gasteiger partial charge in [0.15, 0.2) is 0 Å².